The minimum Gasteiger partial charge on any atom is -0.493 e. The van der Waals surface area contributed by atoms with Crippen LogP contribution in [-0.4, -0.2) is 52.3 Å². The Bertz CT molecular complexity index is 979. The first-order valence-corrected chi connectivity index (χ1v) is 10.0. The molecule has 0 bridgehead atoms. The van der Waals surface area contributed by atoms with E-state index in [1.807, 2.05) is 25.1 Å². The fraction of sp³-hybridized carbons (Fsp3) is 0.316. The molecule has 0 aliphatic rings. The number of amides is 1. The van der Waals surface area contributed by atoms with Crippen molar-refractivity contribution in [2.45, 2.75) is 18.6 Å². The fourth-order valence-corrected chi connectivity index (χ4v) is 3.65. The largest absolute Gasteiger partial charge is 0.493 e. The number of methoxy groups -OCH3 is 2. The van der Waals surface area contributed by atoms with Crippen LogP contribution in [0.5, 0.6) is 11.5 Å². The predicted octanol–water partition coefficient (Wildman–Crippen LogP) is 3.77. The molecule has 0 unspecified atom stereocenters. The van der Waals surface area contributed by atoms with Gasteiger partial charge in [0, 0.05) is 19.3 Å². The number of carbonyl (C=O) groups is 1. The van der Waals surface area contributed by atoms with E-state index >= 15 is 0 Å². The van der Waals surface area contributed by atoms with Crippen LogP contribution in [0.3, 0.4) is 0 Å². The molecule has 9 heteroatoms. The Balaban J connectivity index is 1.64. The van der Waals surface area contributed by atoms with E-state index in [4.69, 9.17) is 21.1 Å². The summed E-state index contributed by atoms with van der Waals surface area (Å²) in [6.07, 6.45) is 1.55. The van der Waals surface area contributed by atoms with Gasteiger partial charge in [-0.1, -0.05) is 29.4 Å². The lowest BCUT2D eigenvalue weighted by molar-refractivity contribution is -0.128. The van der Waals surface area contributed by atoms with Crippen LogP contribution in [0.4, 0.5) is 0 Å². The number of carbonyl (C=O) groups excluding carboxylic acids is 1. The molecule has 1 amide bonds. The summed E-state index contributed by atoms with van der Waals surface area (Å²) in [6, 6.07) is 7.42. The molecule has 148 valence electrons. The SMILES string of the molecule is CCN(Cc1ccc(OC)c(OC)c1)C(=O)CSc1nc2ncc(Cl)cc2[nH]1. The van der Waals surface area contributed by atoms with Crippen LogP contribution in [0, 0.1) is 0 Å². The molecule has 0 saturated heterocycles. The van der Waals surface area contributed by atoms with Crippen molar-refractivity contribution in [3.05, 3.63) is 41.0 Å². The number of hydrogen-bond donors (Lipinski definition) is 1. The molecule has 0 atom stereocenters. The first-order valence-electron chi connectivity index (χ1n) is 8.66. The van der Waals surface area contributed by atoms with Gasteiger partial charge in [-0.05, 0) is 30.7 Å². The first-order chi connectivity index (χ1) is 13.5. The smallest absolute Gasteiger partial charge is 0.233 e. The minimum atomic E-state index is 0.0220. The Morgan fingerprint density at radius 2 is 2.04 bits per heavy atom. The van der Waals surface area contributed by atoms with Gasteiger partial charge in [0.05, 0.1) is 30.5 Å². The highest BCUT2D eigenvalue weighted by molar-refractivity contribution is 7.99. The van der Waals surface area contributed by atoms with Gasteiger partial charge >= 0.3 is 0 Å². The van der Waals surface area contributed by atoms with Gasteiger partial charge in [-0.2, -0.15) is 0 Å². The molecule has 0 aliphatic heterocycles. The molecule has 0 radical (unpaired) electrons. The third-order valence-electron chi connectivity index (χ3n) is 4.17. The molecular formula is C19H21ClN4O3S. The van der Waals surface area contributed by atoms with E-state index in [1.54, 1.807) is 31.4 Å². The van der Waals surface area contributed by atoms with Gasteiger partial charge in [-0.3, -0.25) is 4.79 Å². The Labute approximate surface area is 172 Å². The van der Waals surface area contributed by atoms with Crippen LogP contribution in [0.15, 0.2) is 35.6 Å². The molecule has 3 aromatic rings. The fourth-order valence-electron chi connectivity index (χ4n) is 2.72. The van der Waals surface area contributed by atoms with Gasteiger partial charge in [0.25, 0.3) is 0 Å². The molecule has 3 rings (SSSR count). The second-order valence-electron chi connectivity index (χ2n) is 5.95. The van der Waals surface area contributed by atoms with Crippen molar-refractivity contribution >= 4 is 40.4 Å². The molecule has 0 spiro atoms. The van der Waals surface area contributed by atoms with E-state index in [1.165, 1.54) is 11.8 Å². The molecule has 28 heavy (non-hydrogen) atoms. The summed E-state index contributed by atoms with van der Waals surface area (Å²) in [5.74, 6) is 1.60. The number of H-pyrrole nitrogens is 1. The van der Waals surface area contributed by atoms with Crippen molar-refractivity contribution in [2.75, 3.05) is 26.5 Å². The number of aromatic nitrogens is 3. The molecule has 2 aromatic heterocycles. The van der Waals surface area contributed by atoms with Crippen molar-refractivity contribution in [1.29, 1.82) is 0 Å². The Hall–Kier alpha value is -2.45. The molecule has 0 fully saturated rings. The van der Waals surface area contributed by atoms with Crippen LogP contribution < -0.4 is 9.47 Å². The van der Waals surface area contributed by atoms with Crippen LogP contribution in [0.1, 0.15) is 12.5 Å². The van der Waals surface area contributed by atoms with Gasteiger partial charge < -0.3 is 19.4 Å². The van der Waals surface area contributed by atoms with Crippen LogP contribution in [0.2, 0.25) is 5.02 Å². The van der Waals surface area contributed by atoms with Crippen LogP contribution in [0.25, 0.3) is 11.2 Å². The number of ether oxygens (including phenoxy) is 2. The quantitative estimate of drug-likeness (QED) is 0.559. The molecule has 0 aliphatic carbocycles. The first kappa shape index (κ1) is 20.3. The van der Waals surface area contributed by atoms with E-state index in [2.05, 4.69) is 15.0 Å². The molecule has 2 heterocycles. The topological polar surface area (TPSA) is 80.3 Å². The third-order valence-corrected chi connectivity index (χ3v) is 5.24. The lowest BCUT2D eigenvalue weighted by Crippen LogP contribution is -2.31. The number of pyridine rings is 1. The van der Waals surface area contributed by atoms with Crippen molar-refractivity contribution in [3.8, 4) is 11.5 Å². The molecule has 1 aromatic carbocycles. The summed E-state index contributed by atoms with van der Waals surface area (Å²) < 4.78 is 10.6. The summed E-state index contributed by atoms with van der Waals surface area (Å²) in [5.41, 5.74) is 2.30. The van der Waals surface area contributed by atoms with Crippen LogP contribution in [-0.2, 0) is 11.3 Å². The van der Waals surface area contributed by atoms with Gasteiger partial charge in [-0.15, -0.1) is 0 Å². The maximum absolute atomic E-state index is 12.7. The highest BCUT2D eigenvalue weighted by Crippen LogP contribution is 2.28. The summed E-state index contributed by atoms with van der Waals surface area (Å²) >= 11 is 7.28. The number of fused-ring (bicyclic) bond motifs is 1. The number of nitrogens with zero attached hydrogens (tertiary/aromatic N) is 3. The van der Waals surface area contributed by atoms with Crippen LogP contribution >= 0.6 is 23.4 Å². The van der Waals surface area contributed by atoms with E-state index < -0.39 is 0 Å². The van der Waals surface area contributed by atoms with E-state index in [0.29, 0.717) is 40.4 Å². The Morgan fingerprint density at radius 1 is 1.25 bits per heavy atom. The van der Waals surface area contributed by atoms with Crippen molar-refractivity contribution in [2.24, 2.45) is 0 Å². The van der Waals surface area contributed by atoms with Crippen molar-refractivity contribution < 1.29 is 14.3 Å². The van der Waals surface area contributed by atoms with Gasteiger partial charge in [0.2, 0.25) is 5.91 Å². The highest BCUT2D eigenvalue weighted by Gasteiger charge is 2.15. The number of nitrogens with one attached hydrogen (secondary N) is 1. The predicted molar refractivity (Wildman–Crippen MR) is 110 cm³/mol. The number of benzene rings is 1. The number of aromatic amines is 1. The molecule has 1 N–H and O–H groups in total. The highest BCUT2D eigenvalue weighted by atomic mass is 35.5. The minimum absolute atomic E-state index is 0.0220. The zero-order chi connectivity index (χ0) is 20.1. The molecular weight excluding hydrogens is 400 g/mol. The van der Waals surface area contributed by atoms with Gasteiger partial charge in [0.1, 0.15) is 0 Å². The maximum Gasteiger partial charge on any atom is 0.233 e. The lowest BCUT2D eigenvalue weighted by atomic mass is 10.2. The number of thioether (sulfide) groups is 1. The number of imidazole rings is 1. The monoisotopic (exact) mass is 420 g/mol. The summed E-state index contributed by atoms with van der Waals surface area (Å²) in [4.78, 5) is 26.1. The number of hydrogen-bond acceptors (Lipinski definition) is 6. The van der Waals surface area contributed by atoms with E-state index in [-0.39, 0.29) is 11.7 Å². The van der Waals surface area contributed by atoms with Crippen molar-refractivity contribution in [3.63, 3.8) is 0 Å². The summed E-state index contributed by atoms with van der Waals surface area (Å²) in [6.45, 7) is 3.05. The number of halogens is 1. The van der Waals surface area contributed by atoms with E-state index in [9.17, 15) is 4.79 Å². The molecule has 7 nitrogen and oxygen atoms in total. The second kappa shape index (κ2) is 9.16. The Morgan fingerprint density at radius 3 is 2.75 bits per heavy atom. The normalized spacial score (nSPS) is 10.9. The molecule has 0 saturated carbocycles. The van der Waals surface area contributed by atoms with Gasteiger partial charge in [0.15, 0.2) is 22.3 Å². The lowest BCUT2D eigenvalue weighted by Gasteiger charge is -2.21. The average molecular weight is 421 g/mol. The maximum atomic E-state index is 12.7. The third kappa shape index (κ3) is 4.69. The summed E-state index contributed by atoms with van der Waals surface area (Å²) in [7, 11) is 3.19. The number of rotatable bonds is 8. The second-order valence-corrected chi connectivity index (χ2v) is 7.35. The average Bonchev–Trinajstić information content (AvgIpc) is 3.11. The van der Waals surface area contributed by atoms with E-state index in [0.717, 1.165) is 11.1 Å². The zero-order valence-electron chi connectivity index (χ0n) is 15.9. The van der Waals surface area contributed by atoms with Gasteiger partial charge in [-0.25, -0.2) is 9.97 Å². The van der Waals surface area contributed by atoms with Crippen molar-refractivity contribution in [1.82, 2.24) is 19.9 Å². The Kier molecular flexibility index (Phi) is 6.64. The zero-order valence-corrected chi connectivity index (χ0v) is 17.4. The summed E-state index contributed by atoms with van der Waals surface area (Å²) in [5, 5.41) is 1.18. The standard InChI is InChI=1S/C19H21ClN4O3S/c1-4-24(10-12-5-6-15(26-2)16(7-12)27-3)17(25)11-28-19-22-14-8-13(20)9-21-18(14)23-19/h5-9H,4,10-11H2,1-3H3,(H,21,22,23).